The van der Waals surface area contributed by atoms with Crippen LogP contribution < -0.4 is 5.73 Å². The van der Waals surface area contributed by atoms with E-state index in [1.54, 1.807) is 0 Å². The average molecular weight is 191 g/mol. The first-order valence-electron chi connectivity index (χ1n) is 5.14. The number of aliphatic hydroxyl groups is 1. The summed E-state index contributed by atoms with van der Waals surface area (Å²) in [7, 11) is 0. The molecule has 1 aromatic carbocycles. The fraction of sp³-hybridized carbons (Fsp3) is 0.500. The fourth-order valence-corrected chi connectivity index (χ4v) is 2.20. The van der Waals surface area contributed by atoms with Gasteiger partial charge in [-0.25, -0.2) is 0 Å². The number of rotatable bonds is 1. The summed E-state index contributed by atoms with van der Waals surface area (Å²) < 4.78 is 0. The predicted molar refractivity (Wildman–Crippen MR) is 56.9 cm³/mol. The second kappa shape index (κ2) is 3.37. The molecule has 1 saturated carbocycles. The molecule has 0 bridgehead atoms. The summed E-state index contributed by atoms with van der Waals surface area (Å²) in [5.41, 5.74) is 8.36. The first-order valence-corrected chi connectivity index (χ1v) is 5.14. The summed E-state index contributed by atoms with van der Waals surface area (Å²) in [6.45, 7) is 2.07. The Morgan fingerprint density at radius 2 is 2.00 bits per heavy atom. The topological polar surface area (TPSA) is 46.2 Å². The third-order valence-electron chi connectivity index (χ3n) is 3.15. The quantitative estimate of drug-likeness (QED) is 0.709. The van der Waals surface area contributed by atoms with Gasteiger partial charge in [-0.05, 0) is 31.7 Å². The molecule has 0 heterocycles. The molecule has 2 nitrogen and oxygen atoms in total. The average Bonchev–Trinajstić information content (AvgIpc) is 2.48. The van der Waals surface area contributed by atoms with Crippen LogP contribution in [0.25, 0.3) is 0 Å². The molecule has 2 rings (SSSR count). The van der Waals surface area contributed by atoms with Crippen molar-refractivity contribution in [2.45, 2.75) is 37.8 Å². The van der Waals surface area contributed by atoms with Crippen LogP contribution in [0.15, 0.2) is 24.3 Å². The lowest BCUT2D eigenvalue weighted by molar-refractivity contribution is 0.174. The minimum atomic E-state index is -0.298. The Morgan fingerprint density at radius 3 is 2.50 bits per heavy atom. The van der Waals surface area contributed by atoms with Gasteiger partial charge in [0.25, 0.3) is 0 Å². The van der Waals surface area contributed by atoms with E-state index in [4.69, 9.17) is 5.73 Å². The maximum absolute atomic E-state index is 9.50. The molecule has 1 fully saturated rings. The van der Waals surface area contributed by atoms with Gasteiger partial charge in [0.05, 0.1) is 6.10 Å². The number of nitrogens with two attached hydrogens (primary N) is 1. The SMILES string of the molecule is Cc1ccc(C2(N)CCC(O)C2)cc1. The van der Waals surface area contributed by atoms with E-state index in [2.05, 4.69) is 31.2 Å². The molecule has 2 heteroatoms. The van der Waals surface area contributed by atoms with E-state index in [9.17, 15) is 5.11 Å². The third-order valence-corrected chi connectivity index (χ3v) is 3.15. The van der Waals surface area contributed by atoms with Crippen LogP contribution in [-0.2, 0) is 5.54 Å². The lowest BCUT2D eigenvalue weighted by Crippen LogP contribution is -2.34. The molecule has 2 unspecified atom stereocenters. The minimum absolute atomic E-state index is 0.221. The van der Waals surface area contributed by atoms with Gasteiger partial charge in [-0.1, -0.05) is 29.8 Å². The lowest BCUT2D eigenvalue weighted by atomic mass is 9.89. The van der Waals surface area contributed by atoms with Gasteiger partial charge in [0, 0.05) is 5.54 Å². The summed E-state index contributed by atoms with van der Waals surface area (Å²) in [4.78, 5) is 0. The molecule has 76 valence electrons. The van der Waals surface area contributed by atoms with Gasteiger partial charge in [0.1, 0.15) is 0 Å². The highest BCUT2D eigenvalue weighted by Gasteiger charge is 2.36. The lowest BCUT2D eigenvalue weighted by Gasteiger charge is -2.24. The van der Waals surface area contributed by atoms with Crippen LogP contribution in [0.4, 0.5) is 0 Å². The fourth-order valence-electron chi connectivity index (χ4n) is 2.20. The Hall–Kier alpha value is -0.860. The van der Waals surface area contributed by atoms with Crippen LogP contribution in [0, 0.1) is 6.92 Å². The van der Waals surface area contributed by atoms with Gasteiger partial charge in [-0.15, -0.1) is 0 Å². The van der Waals surface area contributed by atoms with Gasteiger partial charge in [-0.2, -0.15) is 0 Å². The van der Waals surface area contributed by atoms with Crippen molar-refractivity contribution in [1.82, 2.24) is 0 Å². The third kappa shape index (κ3) is 1.68. The zero-order chi connectivity index (χ0) is 10.2. The molecule has 2 atom stereocenters. The number of hydrogen-bond acceptors (Lipinski definition) is 2. The maximum atomic E-state index is 9.50. The van der Waals surface area contributed by atoms with E-state index in [1.807, 2.05) is 0 Å². The Labute approximate surface area is 84.7 Å². The van der Waals surface area contributed by atoms with Crippen LogP contribution in [-0.4, -0.2) is 11.2 Å². The summed E-state index contributed by atoms with van der Waals surface area (Å²) in [6.07, 6.45) is 2.18. The molecule has 0 radical (unpaired) electrons. The van der Waals surface area contributed by atoms with Crippen LogP contribution in [0.5, 0.6) is 0 Å². The summed E-state index contributed by atoms with van der Waals surface area (Å²) in [5, 5.41) is 9.50. The molecule has 0 spiro atoms. The van der Waals surface area contributed by atoms with Crippen molar-refractivity contribution >= 4 is 0 Å². The van der Waals surface area contributed by atoms with Crippen LogP contribution in [0.1, 0.15) is 30.4 Å². The zero-order valence-corrected chi connectivity index (χ0v) is 8.53. The Balaban J connectivity index is 2.26. The van der Waals surface area contributed by atoms with Crippen molar-refractivity contribution in [2.24, 2.45) is 5.73 Å². The highest BCUT2D eigenvalue weighted by Crippen LogP contribution is 2.36. The van der Waals surface area contributed by atoms with Gasteiger partial charge < -0.3 is 10.8 Å². The second-order valence-corrected chi connectivity index (χ2v) is 4.42. The number of hydrogen-bond donors (Lipinski definition) is 2. The van der Waals surface area contributed by atoms with Crippen LogP contribution >= 0.6 is 0 Å². The zero-order valence-electron chi connectivity index (χ0n) is 8.53. The molecular formula is C12H17NO. The molecule has 1 aliphatic rings. The summed E-state index contributed by atoms with van der Waals surface area (Å²) in [5.74, 6) is 0. The molecule has 0 aromatic heterocycles. The monoisotopic (exact) mass is 191 g/mol. The molecule has 1 aromatic rings. The highest BCUT2D eigenvalue weighted by atomic mass is 16.3. The molecule has 0 amide bonds. The maximum Gasteiger partial charge on any atom is 0.0561 e. The Kier molecular flexibility index (Phi) is 2.33. The number of benzene rings is 1. The van der Waals surface area contributed by atoms with Gasteiger partial charge in [-0.3, -0.25) is 0 Å². The molecule has 1 aliphatic carbocycles. The number of aliphatic hydroxyl groups excluding tert-OH is 1. The summed E-state index contributed by atoms with van der Waals surface area (Å²) >= 11 is 0. The summed E-state index contributed by atoms with van der Waals surface area (Å²) in [6, 6.07) is 8.31. The van der Waals surface area contributed by atoms with E-state index < -0.39 is 0 Å². The molecular weight excluding hydrogens is 174 g/mol. The molecule has 0 aliphatic heterocycles. The highest BCUT2D eigenvalue weighted by molar-refractivity contribution is 5.28. The van der Waals surface area contributed by atoms with E-state index in [0.717, 1.165) is 18.4 Å². The largest absolute Gasteiger partial charge is 0.393 e. The molecule has 0 saturated heterocycles. The predicted octanol–water partition coefficient (Wildman–Crippen LogP) is 1.69. The smallest absolute Gasteiger partial charge is 0.0561 e. The standard InChI is InChI=1S/C12H17NO/c1-9-2-4-10(5-3-9)12(13)7-6-11(14)8-12/h2-5,11,14H,6-8,13H2,1H3. The minimum Gasteiger partial charge on any atom is -0.393 e. The Morgan fingerprint density at radius 1 is 1.36 bits per heavy atom. The number of aryl methyl sites for hydroxylation is 1. The van der Waals surface area contributed by atoms with E-state index >= 15 is 0 Å². The first-order chi connectivity index (χ1) is 6.60. The second-order valence-electron chi connectivity index (χ2n) is 4.42. The van der Waals surface area contributed by atoms with Crippen molar-refractivity contribution < 1.29 is 5.11 Å². The Bertz CT molecular complexity index is 320. The van der Waals surface area contributed by atoms with Crippen molar-refractivity contribution in [3.8, 4) is 0 Å². The van der Waals surface area contributed by atoms with Crippen molar-refractivity contribution in [3.63, 3.8) is 0 Å². The van der Waals surface area contributed by atoms with E-state index in [1.165, 1.54) is 5.56 Å². The first kappa shape index (κ1) is 9.69. The van der Waals surface area contributed by atoms with Gasteiger partial charge in [0.2, 0.25) is 0 Å². The van der Waals surface area contributed by atoms with Crippen molar-refractivity contribution in [3.05, 3.63) is 35.4 Å². The molecule has 14 heavy (non-hydrogen) atoms. The van der Waals surface area contributed by atoms with Crippen LogP contribution in [0.2, 0.25) is 0 Å². The van der Waals surface area contributed by atoms with Gasteiger partial charge >= 0.3 is 0 Å². The van der Waals surface area contributed by atoms with Crippen LogP contribution in [0.3, 0.4) is 0 Å². The normalized spacial score (nSPS) is 32.1. The van der Waals surface area contributed by atoms with Crippen molar-refractivity contribution in [2.75, 3.05) is 0 Å². The van der Waals surface area contributed by atoms with Crippen molar-refractivity contribution in [1.29, 1.82) is 0 Å². The van der Waals surface area contributed by atoms with Gasteiger partial charge in [0.15, 0.2) is 0 Å². The van der Waals surface area contributed by atoms with E-state index in [-0.39, 0.29) is 11.6 Å². The van der Waals surface area contributed by atoms with E-state index in [0.29, 0.717) is 6.42 Å². The molecule has 3 N–H and O–H groups in total.